The molecule has 0 radical (unpaired) electrons. The zero-order valence-corrected chi connectivity index (χ0v) is 17.7. The van der Waals surface area contributed by atoms with Gasteiger partial charge in [-0.2, -0.15) is 0 Å². The normalized spacial score (nSPS) is 20.4. The van der Waals surface area contributed by atoms with Gasteiger partial charge in [0.15, 0.2) is 0 Å². The molecule has 1 saturated heterocycles. The van der Waals surface area contributed by atoms with E-state index in [0.717, 1.165) is 45.2 Å². The number of aryl methyl sites for hydroxylation is 1. The lowest BCUT2D eigenvalue weighted by molar-refractivity contribution is -0.134. The molecule has 1 aliphatic heterocycles. The van der Waals surface area contributed by atoms with E-state index in [1.165, 1.54) is 11.1 Å². The number of hydrogen-bond acceptors (Lipinski definition) is 3. The third-order valence-corrected chi connectivity index (χ3v) is 5.83. The first kappa shape index (κ1) is 20.7. The molecular formula is C23H34N2O3. The third kappa shape index (κ3) is 5.06. The average Bonchev–Trinajstić information content (AvgIpc) is 2.66. The fourth-order valence-electron chi connectivity index (χ4n) is 4.37. The van der Waals surface area contributed by atoms with Gasteiger partial charge < -0.3 is 14.5 Å². The fourth-order valence-corrected chi connectivity index (χ4v) is 4.37. The lowest BCUT2D eigenvalue weighted by Gasteiger charge is -2.37. The summed E-state index contributed by atoms with van der Waals surface area (Å²) in [7, 11) is 1.80. The number of benzene rings is 1. The highest BCUT2D eigenvalue weighted by molar-refractivity contribution is 5.84. The number of nitrogens with zero attached hydrogens (tertiary/aromatic N) is 2. The van der Waals surface area contributed by atoms with Crippen molar-refractivity contribution < 1.29 is 14.3 Å². The van der Waals surface area contributed by atoms with Crippen LogP contribution in [-0.4, -0.2) is 54.1 Å². The van der Waals surface area contributed by atoms with E-state index < -0.39 is 5.60 Å². The summed E-state index contributed by atoms with van der Waals surface area (Å²) in [6.07, 6.45) is 4.73. The van der Waals surface area contributed by atoms with E-state index in [9.17, 15) is 9.59 Å². The molecular weight excluding hydrogens is 352 g/mol. The number of piperidine rings is 1. The Morgan fingerprint density at radius 2 is 1.82 bits per heavy atom. The topological polar surface area (TPSA) is 49.9 Å². The average molecular weight is 387 g/mol. The van der Waals surface area contributed by atoms with Crippen LogP contribution >= 0.6 is 0 Å². The number of amides is 2. The predicted octanol–water partition coefficient (Wildman–Crippen LogP) is 4.21. The van der Waals surface area contributed by atoms with Crippen LogP contribution in [0.5, 0.6) is 0 Å². The minimum atomic E-state index is -0.475. The summed E-state index contributed by atoms with van der Waals surface area (Å²) in [5.41, 5.74) is 2.09. The molecule has 28 heavy (non-hydrogen) atoms. The Hall–Kier alpha value is -2.04. The molecule has 1 aromatic carbocycles. The zero-order chi connectivity index (χ0) is 20.3. The largest absolute Gasteiger partial charge is 0.444 e. The Kier molecular flexibility index (Phi) is 6.31. The van der Waals surface area contributed by atoms with E-state index in [2.05, 4.69) is 18.2 Å². The van der Waals surface area contributed by atoms with Gasteiger partial charge in [0, 0.05) is 26.7 Å². The smallest absolute Gasteiger partial charge is 0.410 e. The molecule has 1 aliphatic carbocycles. The highest BCUT2D eigenvalue weighted by Crippen LogP contribution is 2.34. The molecule has 1 fully saturated rings. The van der Waals surface area contributed by atoms with E-state index in [1.54, 1.807) is 11.9 Å². The summed E-state index contributed by atoms with van der Waals surface area (Å²) in [4.78, 5) is 29.0. The van der Waals surface area contributed by atoms with Gasteiger partial charge >= 0.3 is 6.09 Å². The van der Waals surface area contributed by atoms with Crippen molar-refractivity contribution in [1.29, 1.82) is 0 Å². The minimum Gasteiger partial charge on any atom is -0.444 e. The second-order valence-electron chi connectivity index (χ2n) is 9.27. The molecule has 0 aromatic heterocycles. The van der Waals surface area contributed by atoms with Crippen LogP contribution in [-0.2, 0) is 16.0 Å². The van der Waals surface area contributed by atoms with E-state index in [4.69, 9.17) is 4.74 Å². The number of hydrogen-bond donors (Lipinski definition) is 0. The predicted molar refractivity (Wildman–Crippen MR) is 110 cm³/mol. The Bertz CT molecular complexity index is 702. The molecule has 154 valence electrons. The van der Waals surface area contributed by atoms with Gasteiger partial charge in [0.1, 0.15) is 5.60 Å². The Labute approximate surface area is 169 Å². The maximum Gasteiger partial charge on any atom is 0.410 e. The molecule has 0 bridgehead atoms. The summed E-state index contributed by atoms with van der Waals surface area (Å²) in [6, 6.07) is 8.40. The molecule has 1 unspecified atom stereocenters. The van der Waals surface area contributed by atoms with Gasteiger partial charge in [0.05, 0.1) is 5.92 Å². The van der Waals surface area contributed by atoms with E-state index >= 15 is 0 Å². The standard InChI is InChI=1S/C23H34N2O3/c1-23(2,3)28-22(27)24(4)16-17-12-14-25(15-13-17)21(26)20-11-7-9-18-8-5-6-10-19(18)20/h5-6,8,10,17,20H,7,9,11-16H2,1-4H3. The first-order valence-corrected chi connectivity index (χ1v) is 10.6. The number of carbonyl (C=O) groups is 2. The second kappa shape index (κ2) is 8.54. The Balaban J connectivity index is 1.52. The monoisotopic (exact) mass is 386 g/mol. The summed E-state index contributed by atoms with van der Waals surface area (Å²) in [5, 5.41) is 0. The zero-order valence-electron chi connectivity index (χ0n) is 17.7. The van der Waals surface area contributed by atoms with E-state index in [0.29, 0.717) is 12.5 Å². The Morgan fingerprint density at radius 3 is 2.50 bits per heavy atom. The van der Waals surface area contributed by atoms with Crippen LogP contribution in [0.15, 0.2) is 24.3 Å². The maximum absolute atomic E-state index is 13.2. The van der Waals surface area contributed by atoms with E-state index in [1.807, 2.05) is 31.7 Å². The highest BCUT2D eigenvalue weighted by atomic mass is 16.6. The summed E-state index contributed by atoms with van der Waals surface area (Å²) >= 11 is 0. The Morgan fingerprint density at radius 1 is 1.14 bits per heavy atom. The maximum atomic E-state index is 13.2. The van der Waals surface area contributed by atoms with Gasteiger partial charge in [-0.3, -0.25) is 4.79 Å². The van der Waals surface area contributed by atoms with Crippen molar-refractivity contribution in [2.45, 2.75) is 64.4 Å². The summed E-state index contributed by atoms with van der Waals surface area (Å²) in [6.45, 7) is 7.89. The molecule has 2 amide bonds. The highest BCUT2D eigenvalue weighted by Gasteiger charge is 2.32. The quantitative estimate of drug-likeness (QED) is 0.782. The molecule has 5 nitrogen and oxygen atoms in total. The molecule has 3 rings (SSSR count). The molecule has 2 aliphatic rings. The van der Waals surface area contributed by atoms with Gasteiger partial charge in [-0.1, -0.05) is 24.3 Å². The molecule has 1 atom stereocenters. The van der Waals surface area contributed by atoms with Crippen molar-refractivity contribution in [3.8, 4) is 0 Å². The van der Waals surface area contributed by atoms with Gasteiger partial charge in [-0.15, -0.1) is 0 Å². The van der Waals surface area contributed by atoms with Crippen molar-refractivity contribution in [2.24, 2.45) is 5.92 Å². The fraction of sp³-hybridized carbons (Fsp3) is 0.652. The lowest BCUT2D eigenvalue weighted by atomic mass is 9.81. The summed E-state index contributed by atoms with van der Waals surface area (Å²) < 4.78 is 5.44. The second-order valence-corrected chi connectivity index (χ2v) is 9.27. The van der Waals surface area contributed by atoms with Gasteiger partial charge in [0.2, 0.25) is 5.91 Å². The molecule has 0 N–H and O–H groups in total. The van der Waals surface area contributed by atoms with Crippen molar-refractivity contribution in [3.05, 3.63) is 35.4 Å². The van der Waals surface area contributed by atoms with Crippen molar-refractivity contribution in [1.82, 2.24) is 9.80 Å². The van der Waals surface area contributed by atoms with Gasteiger partial charge in [-0.05, 0) is 69.9 Å². The van der Waals surface area contributed by atoms with Crippen LogP contribution in [0, 0.1) is 5.92 Å². The molecule has 0 spiro atoms. The van der Waals surface area contributed by atoms with Crippen LogP contribution in [0.25, 0.3) is 0 Å². The van der Waals surface area contributed by atoms with Crippen molar-refractivity contribution >= 4 is 12.0 Å². The van der Waals surface area contributed by atoms with Crippen molar-refractivity contribution in [3.63, 3.8) is 0 Å². The lowest BCUT2D eigenvalue weighted by Crippen LogP contribution is -2.44. The van der Waals surface area contributed by atoms with Crippen LogP contribution in [0.2, 0.25) is 0 Å². The van der Waals surface area contributed by atoms with Crippen LogP contribution in [0.4, 0.5) is 4.79 Å². The van der Waals surface area contributed by atoms with Gasteiger partial charge in [0.25, 0.3) is 0 Å². The SMILES string of the molecule is CN(CC1CCN(C(=O)C2CCCc3ccccc32)CC1)C(=O)OC(C)(C)C. The molecule has 5 heteroatoms. The van der Waals surface area contributed by atoms with Crippen LogP contribution in [0.3, 0.4) is 0 Å². The first-order chi connectivity index (χ1) is 13.2. The van der Waals surface area contributed by atoms with Gasteiger partial charge in [-0.25, -0.2) is 4.79 Å². The number of rotatable bonds is 3. The molecule has 1 heterocycles. The number of carbonyl (C=O) groups excluding carboxylic acids is 2. The van der Waals surface area contributed by atoms with E-state index in [-0.39, 0.29) is 17.9 Å². The molecule has 1 aromatic rings. The third-order valence-electron chi connectivity index (χ3n) is 5.83. The van der Waals surface area contributed by atoms with Crippen LogP contribution < -0.4 is 0 Å². The number of ether oxygens (including phenoxy) is 1. The number of fused-ring (bicyclic) bond motifs is 1. The first-order valence-electron chi connectivity index (χ1n) is 10.6. The molecule has 0 saturated carbocycles. The number of likely N-dealkylation sites (tertiary alicyclic amines) is 1. The van der Waals surface area contributed by atoms with Crippen LogP contribution in [0.1, 0.15) is 63.5 Å². The van der Waals surface area contributed by atoms with Crippen molar-refractivity contribution in [2.75, 3.05) is 26.7 Å². The summed E-state index contributed by atoms with van der Waals surface area (Å²) in [5.74, 6) is 0.720. The minimum absolute atomic E-state index is 0.0194.